The molecule has 4 heteroatoms. The molecular weight excluding hydrogens is 218 g/mol. The molecule has 1 aliphatic heterocycles. The van der Waals surface area contributed by atoms with Gasteiger partial charge in [0.2, 0.25) is 0 Å². The summed E-state index contributed by atoms with van der Waals surface area (Å²) in [5.74, 6) is 1.15. The predicted octanol–water partition coefficient (Wildman–Crippen LogP) is 2.44. The highest BCUT2D eigenvalue weighted by atomic mass is 32.2. The lowest BCUT2D eigenvalue weighted by molar-refractivity contribution is 0.182. The molecule has 2 rings (SSSR count). The zero-order valence-corrected chi connectivity index (χ0v) is 10.6. The fraction of sp³-hybridized carbons (Fsp3) is 0.667. The third kappa shape index (κ3) is 3.46. The van der Waals surface area contributed by atoms with Crippen LogP contribution in [-0.4, -0.2) is 40.5 Å². The second-order valence-electron chi connectivity index (χ2n) is 4.33. The first-order chi connectivity index (χ1) is 7.86. The number of aromatic nitrogens is 2. The summed E-state index contributed by atoms with van der Waals surface area (Å²) in [5.41, 5.74) is 0. The lowest BCUT2D eigenvalue weighted by atomic mass is 10.0. The third-order valence-corrected chi connectivity index (χ3v) is 4.12. The van der Waals surface area contributed by atoms with Gasteiger partial charge in [0.1, 0.15) is 5.03 Å². The summed E-state index contributed by atoms with van der Waals surface area (Å²) in [6.45, 7) is 1.26. The molecule has 0 N–H and O–H groups in total. The van der Waals surface area contributed by atoms with Crippen LogP contribution < -0.4 is 0 Å². The van der Waals surface area contributed by atoms with Gasteiger partial charge in [-0.1, -0.05) is 6.42 Å². The van der Waals surface area contributed by atoms with Crippen LogP contribution in [0.25, 0.3) is 0 Å². The fourth-order valence-electron chi connectivity index (χ4n) is 2.17. The highest BCUT2D eigenvalue weighted by molar-refractivity contribution is 7.99. The molecule has 1 aromatic heterocycles. The maximum absolute atomic E-state index is 4.08. The van der Waals surface area contributed by atoms with Gasteiger partial charge < -0.3 is 4.90 Å². The van der Waals surface area contributed by atoms with Crippen molar-refractivity contribution >= 4 is 11.8 Å². The zero-order valence-electron chi connectivity index (χ0n) is 9.80. The minimum Gasteiger partial charge on any atom is -0.303 e. The minimum atomic E-state index is 0.776. The van der Waals surface area contributed by atoms with Crippen molar-refractivity contribution in [1.82, 2.24) is 15.1 Å². The van der Waals surface area contributed by atoms with Crippen molar-refractivity contribution < 1.29 is 0 Å². The van der Waals surface area contributed by atoms with E-state index in [1.54, 1.807) is 6.20 Å². The van der Waals surface area contributed by atoms with Crippen molar-refractivity contribution in [1.29, 1.82) is 0 Å². The standard InChI is InChI=1S/C12H19N3S/c1-15-9-3-2-5-11(15)7-10-16-12-6-4-8-13-14-12/h4,6,8,11H,2-3,5,7,9-10H2,1H3/t11-/m1/s1. The molecule has 0 aromatic carbocycles. The van der Waals surface area contributed by atoms with E-state index in [-0.39, 0.29) is 0 Å². The Morgan fingerprint density at radius 3 is 3.19 bits per heavy atom. The van der Waals surface area contributed by atoms with E-state index >= 15 is 0 Å². The number of likely N-dealkylation sites (tertiary alicyclic amines) is 1. The number of rotatable bonds is 4. The molecule has 3 nitrogen and oxygen atoms in total. The molecule has 16 heavy (non-hydrogen) atoms. The minimum absolute atomic E-state index is 0.776. The molecule has 0 unspecified atom stereocenters. The Morgan fingerprint density at radius 1 is 1.50 bits per heavy atom. The Bertz CT molecular complexity index is 304. The molecule has 2 heterocycles. The molecule has 0 bridgehead atoms. The first-order valence-electron chi connectivity index (χ1n) is 5.97. The molecule has 1 fully saturated rings. The Balaban J connectivity index is 1.71. The van der Waals surface area contributed by atoms with Crippen molar-refractivity contribution in [2.45, 2.75) is 36.8 Å². The van der Waals surface area contributed by atoms with Gasteiger partial charge in [0, 0.05) is 18.0 Å². The Morgan fingerprint density at radius 2 is 2.44 bits per heavy atom. The van der Waals surface area contributed by atoms with Gasteiger partial charge in [-0.3, -0.25) is 0 Å². The smallest absolute Gasteiger partial charge is 0.119 e. The monoisotopic (exact) mass is 237 g/mol. The molecule has 1 aliphatic rings. The second-order valence-corrected chi connectivity index (χ2v) is 5.44. The average Bonchev–Trinajstić information content (AvgIpc) is 2.33. The first kappa shape index (κ1) is 11.9. The number of thioether (sulfide) groups is 1. The first-order valence-corrected chi connectivity index (χ1v) is 6.95. The van der Waals surface area contributed by atoms with Crippen molar-refractivity contribution in [2.75, 3.05) is 19.3 Å². The fourth-order valence-corrected chi connectivity index (χ4v) is 3.05. The molecular formula is C12H19N3S. The maximum atomic E-state index is 4.08. The number of piperidine rings is 1. The molecule has 0 radical (unpaired) electrons. The topological polar surface area (TPSA) is 29.0 Å². The van der Waals surface area contributed by atoms with Gasteiger partial charge in [0.05, 0.1) is 0 Å². The quantitative estimate of drug-likeness (QED) is 0.752. The van der Waals surface area contributed by atoms with Crippen LogP contribution >= 0.6 is 11.8 Å². The van der Waals surface area contributed by atoms with Crippen LogP contribution in [-0.2, 0) is 0 Å². The number of hydrogen-bond donors (Lipinski definition) is 0. The van der Waals surface area contributed by atoms with Gasteiger partial charge in [0.25, 0.3) is 0 Å². The summed E-state index contributed by atoms with van der Waals surface area (Å²) >= 11 is 1.82. The van der Waals surface area contributed by atoms with Crippen LogP contribution in [0.3, 0.4) is 0 Å². The maximum Gasteiger partial charge on any atom is 0.119 e. The van der Waals surface area contributed by atoms with Crippen molar-refractivity contribution in [3.63, 3.8) is 0 Å². The molecule has 0 saturated carbocycles. The summed E-state index contributed by atoms with van der Waals surface area (Å²) in [5, 5.41) is 9.01. The molecule has 1 saturated heterocycles. The predicted molar refractivity (Wildman–Crippen MR) is 67.6 cm³/mol. The van der Waals surface area contributed by atoms with Crippen LogP contribution in [0.2, 0.25) is 0 Å². The largest absolute Gasteiger partial charge is 0.303 e. The molecule has 1 aromatic rings. The van der Waals surface area contributed by atoms with E-state index in [1.807, 2.05) is 23.9 Å². The van der Waals surface area contributed by atoms with E-state index in [0.29, 0.717) is 0 Å². The molecule has 0 spiro atoms. The van der Waals surface area contributed by atoms with Crippen LogP contribution in [0.15, 0.2) is 23.4 Å². The van der Waals surface area contributed by atoms with E-state index in [2.05, 4.69) is 22.1 Å². The van der Waals surface area contributed by atoms with E-state index in [4.69, 9.17) is 0 Å². The van der Waals surface area contributed by atoms with Crippen LogP contribution in [0.5, 0.6) is 0 Å². The normalized spacial score (nSPS) is 22.2. The van der Waals surface area contributed by atoms with E-state index in [1.165, 1.54) is 32.2 Å². The van der Waals surface area contributed by atoms with Crippen LogP contribution in [0.1, 0.15) is 25.7 Å². The lowest BCUT2D eigenvalue weighted by Crippen LogP contribution is -2.36. The molecule has 0 aliphatic carbocycles. The average molecular weight is 237 g/mol. The van der Waals surface area contributed by atoms with Gasteiger partial charge in [-0.2, -0.15) is 5.10 Å². The lowest BCUT2D eigenvalue weighted by Gasteiger charge is -2.32. The highest BCUT2D eigenvalue weighted by Gasteiger charge is 2.18. The summed E-state index contributed by atoms with van der Waals surface area (Å²) in [6, 6.07) is 4.75. The van der Waals surface area contributed by atoms with Crippen LogP contribution in [0, 0.1) is 0 Å². The zero-order chi connectivity index (χ0) is 11.2. The molecule has 1 atom stereocenters. The SMILES string of the molecule is CN1CCCC[C@@H]1CCSc1cccnn1. The van der Waals surface area contributed by atoms with Gasteiger partial charge >= 0.3 is 0 Å². The van der Waals surface area contributed by atoms with Gasteiger partial charge in [-0.25, -0.2) is 0 Å². The van der Waals surface area contributed by atoms with Gasteiger partial charge in [0.15, 0.2) is 0 Å². The number of hydrogen-bond acceptors (Lipinski definition) is 4. The van der Waals surface area contributed by atoms with E-state index < -0.39 is 0 Å². The Hall–Kier alpha value is -0.610. The third-order valence-electron chi connectivity index (χ3n) is 3.17. The summed E-state index contributed by atoms with van der Waals surface area (Å²) in [7, 11) is 2.25. The summed E-state index contributed by atoms with van der Waals surface area (Å²) < 4.78 is 0. The van der Waals surface area contributed by atoms with Crippen molar-refractivity contribution in [3.8, 4) is 0 Å². The summed E-state index contributed by atoms with van der Waals surface area (Å²) in [6.07, 6.45) is 7.10. The Kier molecular flexibility index (Phi) is 4.60. The summed E-state index contributed by atoms with van der Waals surface area (Å²) in [4.78, 5) is 2.50. The highest BCUT2D eigenvalue weighted by Crippen LogP contribution is 2.22. The number of nitrogens with zero attached hydrogens (tertiary/aromatic N) is 3. The van der Waals surface area contributed by atoms with Crippen LogP contribution in [0.4, 0.5) is 0 Å². The van der Waals surface area contributed by atoms with Crippen molar-refractivity contribution in [3.05, 3.63) is 18.3 Å². The molecule has 88 valence electrons. The van der Waals surface area contributed by atoms with Crippen molar-refractivity contribution in [2.24, 2.45) is 0 Å². The second kappa shape index (κ2) is 6.21. The Labute approximate surface area is 102 Å². The van der Waals surface area contributed by atoms with Gasteiger partial charge in [-0.15, -0.1) is 16.9 Å². The molecule has 0 amide bonds. The van der Waals surface area contributed by atoms with E-state index in [0.717, 1.165) is 16.8 Å². The van der Waals surface area contributed by atoms with E-state index in [9.17, 15) is 0 Å². The van der Waals surface area contributed by atoms with Gasteiger partial charge in [-0.05, 0) is 45.0 Å².